The number of rotatable bonds is 4. The Balaban J connectivity index is 1.63. The van der Waals surface area contributed by atoms with E-state index < -0.39 is 5.79 Å². The molecule has 1 atom stereocenters. The van der Waals surface area contributed by atoms with E-state index in [4.69, 9.17) is 9.47 Å². The van der Waals surface area contributed by atoms with Crippen molar-refractivity contribution in [3.05, 3.63) is 71.8 Å². The molecule has 0 aromatic heterocycles. The van der Waals surface area contributed by atoms with Crippen LogP contribution in [-0.4, -0.2) is 18.0 Å². The molecule has 1 fully saturated rings. The lowest BCUT2D eigenvalue weighted by atomic mass is 9.85. The number of benzene rings is 2. The average molecular weight is 332 g/mol. The fraction of sp³-hybridized carbons (Fsp3) is 0.391. The highest BCUT2D eigenvalue weighted by Gasteiger charge is 2.49. The zero-order valence-electron chi connectivity index (χ0n) is 14.5. The largest absolute Gasteiger partial charge is 0.340 e. The van der Waals surface area contributed by atoms with Crippen molar-refractivity contribution in [3.63, 3.8) is 0 Å². The molecule has 2 heteroatoms. The summed E-state index contributed by atoms with van der Waals surface area (Å²) < 4.78 is 12.8. The maximum Gasteiger partial charge on any atom is 0.234 e. The van der Waals surface area contributed by atoms with Crippen LogP contribution in [0.1, 0.15) is 36.8 Å². The molecule has 128 valence electrons. The Kier molecular flexibility index (Phi) is 4.61. The number of hydrogen-bond donors (Lipinski definition) is 0. The van der Waals surface area contributed by atoms with Crippen LogP contribution in [0.25, 0.3) is 0 Å². The van der Waals surface area contributed by atoms with Crippen LogP contribution in [0.15, 0.2) is 60.7 Å². The highest BCUT2D eigenvalue weighted by Crippen LogP contribution is 2.43. The first-order valence-electron chi connectivity index (χ1n) is 9.20. The van der Waals surface area contributed by atoms with E-state index in [0.717, 1.165) is 38.5 Å². The van der Waals surface area contributed by atoms with Gasteiger partial charge < -0.3 is 9.47 Å². The number of ether oxygens (including phenoxy) is 2. The van der Waals surface area contributed by atoms with Gasteiger partial charge in [-0.15, -0.1) is 0 Å². The van der Waals surface area contributed by atoms with Crippen molar-refractivity contribution >= 4 is 0 Å². The molecule has 0 bridgehead atoms. The normalized spacial score (nSPS) is 24.5. The van der Waals surface area contributed by atoms with Crippen LogP contribution in [0.4, 0.5) is 0 Å². The average Bonchev–Trinajstić information content (AvgIpc) is 2.82. The van der Waals surface area contributed by atoms with Gasteiger partial charge in [0.05, 0.1) is 12.2 Å². The molecule has 1 saturated heterocycles. The monoisotopic (exact) mass is 332 g/mol. The zero-order valence-corrected chi connectivity index (χ0v) is 14.5. The van der Waals surface area contributed by atoms with Gasteiger partial charge in [0.15, 0.2) is 0 Å². The maximum atomic E-state index is 6.67. The second-order valence-electron chi connectivity index (χ2n) is 7.12. The summed E-state index contributed by atoms with van der Waals surface area (Å²) in [7, 11) is 0. The first-order chi connectivity index (χ1) is 12.3. The summed E-state index contributed by atoms with van der Waals surface area (Å²) in [6.07, 6.45) is 5.47. The standard InChI is InChI=1S/C23H24O2/c1-4-10-20(11-5-1)18-22(19-21-12-6-2-7-13-21)15-16-23(25-22)14-8-3-9-17-24-23/h1-2,4-7,10-13H,3,9,15-19H2. The lowest BCUT2D eigenvalue weighted by molar-refractivity contribution is -0.215. The minimum Gasteiger partial charge on any atom is -0.340 e. The lowest BCUT2D eigenvalue weighted by Crippen LogP contribution is -2.40. The van der Waals surface area contributed by atoms with Crippen molar-refractivity contribution in [1.82, 2.24) is 0 Å². The van der Waals surface area contributed by atoms with Gasteiger partial charge in [0.2, 0.25) is 5.79 Å². The molecule has 1 unspecified atom stereocenters. The van der Waals surface area contributed by atoms with E-state index in [2.05, 4.69) is 72.5 Å². The van der Waals surface area contributed by atoms with Gasteiger partial charge in [-0.25, -0.2) is 0 Å². The van der Waals surface area contributed by atoms with Crippen molar-refractivity contribution in [1.29, 1.82) is 0 Å². The predicted molar refractivity (Wildman–Crippen MR) is 99.0 cm³/mol. The summed E-state index contributed by atoms with van der Waals surface area (Å²) in [4.78, 5) is 0. The Labute approximate surface area is 150 Å². The van der Waals surface area contributed by atoms with Crippen LogP contribution in [0.5, 0.6) is 0 Å². The lowest BCUT2D eigenvalue weighted by Gasteiger charge is -2.33. The molecule has 4 rings (SSSR count). The molecule has 25 heavy (non-hydrogen) atoms. The number of hydrogen-bond acceptors (Lipinski definition) is 2. The summed E-state index contributed by atoms with van der Waals surface area (Å²) in [5.74, 6) is 5.83. The Bertz CT molecular complexity index is 715. The molecule has 2 heterocycles. The van der Waals surface area contributed by atoms with E-state index in [-0.39, 0.29) is 5.60 Å². The van der Waals surface area contributed by atoms with Crippen molar-refractivity contribution in [2.75, 3.05) is 6.61 Å². The molecule has 2 aromatic rings. The van der Waals surface area contributed by atoms with E-state index >= 15 is 0 Å². The SMILES string of the molecule is C1#CC2(CCC(Cc3ccccc3)(Cc3ccccc3)O2)OCCC1. The Hall–Kier alpha value is -2.08. The summed E-state index contributed by atoms with van der Waals surface area (Å²) in [6, 6.07) is 21.2. The van der Waals surface area contributed by atoms with Gasteiger partial charge in [-0.05, 0) is 29.9 Å². The third-order valence-corrected chi connectivity index (χ3v) is 5.09. The minimum atomic E-state index is -0.708. The van der Waals surface area contributed by atoms with Crippen LogP contribution >= 0.6 is 0 Å². The topological polar surface area (TPSA) is 18.5 Å². The molecular weight excluding hydrogens is 308 g/mol. The van der Waals surface area contributed by atoms with Gasteiger partial charge in [-0.3, -0.25) is 0 Å². The third kappa shape index (κ3) is 3.79. The van der Waals surface area contributed by atoms with Crippen molar-refractivity contribution < 1.29 is 9.47 Å². The molecule has 0 amide bonds. The van der Waals surface area contributed by atoms with Crippen molar-refractivity contribution in [2.24, 2.45) is 0 Å². The molecule has 2 aromatic carbocycles. The van der Waals surface area contributed by atoms with E-state index in [9.17, 15) is 0 Å². The predicted octanol–water partition coefficient (Wildman–Crippen LogP) is 4.53. The fourth-order valence-corrected chi connectivity index (χ4v) is 3.91. The molecule has 0 N–H and O–H groups in total. The first kappa shape index (κ1) is 16.4. The van der Waals surface area contributed by atoms with Crippen LogP contribution in [0.2, 0.25) is 0 Å². The summed E-state index contributed by atoms with van der Waals surface area (Å²) in [6.45, 7) is 0.715. The van der Waals surface area contributed by atoms with Gasteiger partial charge >= 0.3 is 0 Å². The molecular formula is C23H24O2. The molecule has 0 saturated carbocycles. The zero-order chi connectivity index (χ0) is 17.0. The molecule has 2 aliphatic heterocycles. The molecule has 0 aliphatic carbocycles. The second kappa shape index (κ2) is 7.04. The molecule has 1 spiro atoms. The van der Waals surface area contributed by atoms with Gasteiger partial charge in [0.1, 0.15) is 0 Å². The van der Waals surface area contributed by atoms with E-state index in [0.29, 0.717) is 6.61 Å². The van der Waals surface area contributed by atoms with Gasteiger partial charge in [0, 0.05) is 25.7 Å². The Morgan fingerprint density at radius 1 is 0.840 bits per heavy atom. The van der Waals surface area contributed by atoms with Crippen LogP contribution < -0.4 is 0 Å². The van der Waals surface area contributed by atoms with Crippen molar-refractivity contribution in [2.45, 2.75) is 49.9 Å². The quantitative estimate of drug-likeness (QED) is 0.766. The summed E-state index contributed by atoms with van der Waals surface area (Å²) >= 11 is 0. The van der Waals surface area contributed by atoms with Gasteiger partial charge in [-0.2, -0.15) is 0 Å². The van der Waals surface area contributed by atoms with E-state index in [1.165, 1.54) is 11.1 Å². The van der Waals surface area contributed by atoms with Crippen LogP contribution in [-0.2, 0) is 22.3 Å². The van der Waals surface area contributed by atoms with Crippen LogP contribution in [0.3, 0.4) is 0 Å². The Morgan fingerprint density at radius 2 is 1.48 bits per heavy atom. The van der Waals surface area contributed by atoms with Gasteiger partial charge in [0.25, 0.3) is 0 Å². The highest BCUT2D eigenvalue weighted by atomic mass is 16.7. The molecule has 0 radical (unpaired) electrons. The Morgan fingerprint density at radius 3 is 2.12 bits per heavy atom. The molecule has 2 nitrogen and oxygen atoms in total. The molecule has 2 aliphatic rings. The van der Waals surface area contributed by atoms with Crippen LogP contribution in [0, 0.1) is 11.8 Å². The maximum absolute atomic E-state index is 6.67. The minimum absolute atomic E-state index is 0.262. The highest BCUT2D eigenvalue weighted by molar-refractivity contribution is 5.25. The second-order valence-corrected chi connectivity index (χ2v) is 7.12. The van der Waals surface area contributed by atoms with E-state index in [1.807, 2.05) is 0 Å². The van der Waals surface area contributed by atoms with Crippen molar-refractivity contribution in [3.8, 4) is 11.8 Å². The third-order valence-electron chi connectivity index (χ3n) is 5.09. The smallest absolute Gasteiger partial charge is 0.234 e. The van der Waals surface area contributed by atoms with Gasteiger partial charge in [-0.1, -0.05) is 66.6 Å². The summed E-state index contributed by atoms with van der Waals surface area (Å²) in [5.41, 5.74) is 2.34. The fourth-order valence-electron chi connectivity index (χ4n) is 3.91. The summed E-state index contributed by atoms with van der Waals surface area (Å²) in [5, 5.41) is 0. The first-order valence-corrected chi connectivity index (χ1v) is 9.20. The van der Waals surface area contributed by atoms with E-state index in [1.54, 1.807) is 0 Å².